The van der Waals surface area contributed by atoms with Gasteiger partial charge in [-0.1, -0.05) is 12.1 Å². The SMILES string of the molecule is Nc1nc(Cl)nc(C2COc3ccccc3O2)n1. The third kappa shape index (κ3) is 2.02. The second kappa shape index (κ2) is 4.30. The Morgan fingerprint density at radius 1 is 1.17 bits per heavy atom. The summed E-state index contributed by atoms with van der Waals surface area (Å²) in [6, 6.07) is 7.38. The van der Waals surface area contributed by atoms with Gasteiger partial charge in [-0.25, -0.2) is 0 Å². The normalized spacial score (nSPS) is 17.5. The lowest BCUT2D eigenvalue weighted by molar-refractivity contribution is 0.0850. The molecule has 6 nitrogen and oxygen atoms in total. The minimum absolute atomic E-state index is 0.0416. The molecule has 0 amide bonds. The molecular weight excluding hydrogens is 256 g/mol. The largest absolute Gasteiger partial charge is 0.485 e. The topological polar surface area (TPSA) is 83.2 Å². The molecule has 1 aromatic carbocycles. The molecule has 0 saturated carbocycles. The molecule has 0 aliphatic carbocycles. The van der Waals surface area contributed by atoms with Gasteiger partial charge in [0.05, 0.1) is 0 Å². The van der Waals surface area contributed by atoms with E-state index in [1.54, 1.807) is 0 Å². The van der Waals surface area contributed by atoms with Gasteiger partial charge in [-0.2, -0.15) is 15.0 Å². The highest BCUT2D eigenvalue weighted by Crippen LogP contribution is 2.35. The summed E-state index contributed by atoms with van der Waals surface area (Å²) in [7, 11) is 0. The fourth-order valence-corrected chi connectivity index (χ4v) is 1.85. The Kier molecular flexibility index (Phi) is 2.64. The van der Waals surface area contributed by atoms with Crippen molar-refractivity contribution in [2.75, 3.05) is 12.3 Å². The Morgan fingerprint density at radius 3 is 2.72 bits per heavy atom. The number of nitrogen functional groups attached to an aromatic ring is 1. The van der Waals surface area contributed by atoms with E-state index in [2.05, 4.69) is 15.0 Å². The van der Waals surface area contributed by atoms with Gasteiger partial charge in [0.15, 0.2) is 23.4 Å². The first kappa shape index (κ1) is 11.0. The number of anilines is 1. The summed E-state index contributed by atoms with van der Waals surface area (Å²) in [6.07, 6.45) is -0.442. The van der Waals surface area contributed by atoms with E-state index < -0.39 is 6.10 Å². The number of para-hydroxylation sites is 2. The van der Waals surface area contributed by atoms with E-state index in [1.165, 1.54) is 0 Å². The van der Waals surface area contributed by atoms with Crippen LogP contribution in [0.3, 0.4) is 0 Å². The fraction of sp³-hybridized carbons (Fsp3) is 0.182. The first-order chi connectivity index (χ1) is 8.72. The highest BCUT2D eigenvalue weighted by molar-refractivity contribution is 6.28. The summed E-state index contributed by atoms with van der Waals surface area (Å²) in [5.41, 5.74) is 5.52. The Bertz CT molecular complexity index is 573. The van der Waals surface area contributed by atoms with E-state index in [1.807, 2.05) is 24.3 Å². The van der Waals surface area contributed by atoms with Crippen molar-refractivity contribution in [1.29, 1.82) is 0 Å². The van der Waals surface area contributed by atoms with Crippen molar-refractivity contribution in [1.82, 2.24) is 15.0 Å². The van der Waals surface area contributed by atoms with Crippen molar-refractivity contribution < 1.29 is 9.47 Å². The van der Waals surface area contributed by atoms with Crippen LogP contribution in [0.15, 0.2) is 24.3 Å². The Balaban J connectivity index is 1.91. The summed E-state index contributed by atoms with van der Waals surface area (Å²) in [4.78, 5) is 11.7. The van der Waals surface area contributed by atoms with E-state index in [9.17, 15) is 0 Å². The van der Waals surface area contributed by atoms with Crippen LogP contribution in [0.4, 0.5) is 5.95 Å². The van der Waals surface area contributed by atoms with E-state index in [4.69, 9.17) is 26.8 Å². The molecule has 0 bridgehead atoms. The lowest BCUT2D eigenvalue weighted by Gasteiger charge is -2.25. The third-order valence-electron chi connectivity index (χ3n) is 2.44. The van der Waals surface area contributed by atoms with Crippen LogP contribution in [0.2, 0.25) is 5.28 Å². The molecule has 2 heterocycles. The molecular formula is C11H9ClN4O2. The van der Waals surface area contributed by atoms with E-state index in [0.29, 0.717) is 23.9 Å². The number of ether oxygens (including phenoxy) is 2. The molecule has 18 heavy (non-hydrogen) atoms. The standard InChI is InChI=1S/C11H9ClN4O2/c12-10-14-9(15-11(13)16-10)8-5-17-6-3-1-2-4-7(6)18-8/h1-4,8H,5H2,(H2,13,14,15,16). The van der Waals surface area contributed by atoms with Crippen LogP contribution in [0.5, 0.6) is 11.5 Å². The van der Waals surface area contributed by atoms with Crippen LogP contribution < -0.4 is 15.2 Å². The maximum Gasteiger partial charge on any atom is 0.227 e. The second-order valence-electron chi connectivity index (χ2n) is 3.69. The molecule has 2 aromatic rings. The number of halogens is 1. The summed E-state index contributed by atoms with van der Waals surface area (Å²) in [6.45, 7) is 0.302. The highest BCUT2D eigenvalue weighted by atomic mass is 35.5. The van der Waals surface area contributed by atoms with Gasteiger partial charge in [0.2, 0.25) is 11.2 Å². The quantitative estimate of drug-likeness (QED) is 0.843. The second-order valence-corrected chi connectivity index (χ2v) is 4.02. The number of nitrogens with two attached hydrogens (primary N) is 1. The Labute approximate surface area is 108 Å². The zero-order valence-electron chi connectivity index (χ0n) is 9.21. The van der Waals surface area contributed by atoms with E-state index >= 15 is 0 Å². The molecule has 7 heteroatoms. The zero-order valence-corrected chi connectivity index (χ0v) is 9.96. The van der Waals surface area contributed by atoms with Crippen LogP contribution in [0, 0.1) is 0 Å². The first-order valence-corrected chi connectivity index (χ1v) is 5.65. The molecule has 0 spiro atoms. The van der Waals surface area contributed by atoms with Gasteiger partial charge in [0.1, 0.15) is 6.61 Å². The van der Waals surface area contributed by atoms with Crippen molar-refractivity contribution >= 4 is 17.5 Å². The minimum Gasteiger partial charge on any atom is -0.485 e. The molecule has 1 aromatic heterocycles. The number of rotatable bonds is 1. The van der Waals surface area contributed by atoms with Gasteiger partial charge in [-0.3, -0.25) is 0 Å². The number of hydrogen-bond acceptors (Lipinski definition) is 6. The lowest BCUT2D eigenvalue weighted by atomic mass is 10.2. The molecule has 0 radical (unpaired) electrons. The van der Waals surface area contributed by atoms with Gasteiger partial charge in [-0.15, -0.1) is 0 Å². The Hall–Kier alpha value is -2.08. The van der Waals surface area contributed by atoms with E-state index in [-0.39, 0.29) is 11.2 Å². The maximum atomic E-state index is 5.74. The number of benzene rings is 1. The monoisotopic (exact) mass is 264 g/mol. The molecule has 1 unspecified atom stereocenters. The summed E-state index contributed by atoms with van der Waals surface area (Å²) in [5, 5.41) is 0.0416. The van der Waals surface area contributed by atoms with Gasteiger partial charge >= 0.3 is 0 Å². The lowest BCUT2D eigenvalue weighted by Crippen LogP contribution is -2.24. The average molecular weight is 265 g/mol. The van der Waals surface area contributed by atoms with Crippen molar-refractivity contribution in [3.63, 3.8) is 0 Å². The van der Waals surface area contributed by atoms with Crippen molar-refractivity contribution in [3.05, 3.63) is 35.4 Å². The maximum absolute atomic E-state index is 5.74. The molecule has 2 N–H and O–H groups in total. The summed E-state index contributed by atoms with van der Waals surface area (Å²) < 4.78 is 11.3. The zero-order chi connectivity index (χ0) is 12.5. The number of fused-ring (bicyclic) bond motifs is 1. The van der Waals surface area contributed by atoms with Crippen LogP contribution in [-0.4, -0.2) is 21.6 Å². The number of hydrogen-bond donors (Lipinski definition) is 1. The summed E-state index contributed by atoms with van der Waals surface area (Å²) in [5.74, 6) is 1.76. The van der Waals surface area contributed by atoms with Crippen LogP contribution in [-0.2, 0) is 0 Å². The smallest absolute Gasteiger partial charge is 0.227 e. The van der Waals surface area contributed by atoms with Crippen molar-refractivity contribution in [3.8, 4) is 11.5 Å². The van der Waals surface area contributed by atoms with Crippen LogP contribution in [0.25, 0.3) is 0 Å². The molecule has 3 rings (SSSR count). The predicted molar refractivity (Wildman–Crippen MR) is 64.6 cm³/mol. The molecule has 0 saturated heterocycles. The average Bonchev–Trinajstić information content (AvgIpc) is 2.37. The summed E-state index contributed by atoms with van der Waals surface area (Å²) >= 11 is 5.73. The molecule has 0 fully saturated rings. The van der Waals surface area contributed by atoms with Gasteiger partial charge in [-0.05, 0) is 23.7 Å². The third-order valence-corrected chi connectivity index (χ3v) is 2.61. The van der Waals surface area contributed by atoms with Crippen LogP contribution in [0.1, 0.15) is 11.9 Å². The number of aromatic nitrogens is 3. The highest BCUT2D eigenvalue weighted by Gasteiger charge is 2.25. The van der Waals surface area contributed by atoms with Gasteiger partial charge < -0.3 is 15.2 Å². The van der Waals surface area contributed by atoms with Gasteiger partial charge in [0.25, 0.3) is 0 Å². The molecule has 1 aliphatic rings. The van der Waals surface area contributed by atoms with Crippen LogP contribution >= 0.6 is 11.6 Å². The minimum atomic E-state index is -0.442. The first-order valence-electron chi connectivity index (χ1n) is 5.28. The molecule has 1 atom stereocenters. The fourth-order valence-electron chi connectivity index (χ4n) is 1.67. The Morgan fingerprint density at radius 2 is 1.94 bits per heavy atom. The van der Waals surface area contributed by atoms with E-state index in [0.717, 1.165) is 0 Å². The van der Waals surface area contributed by atoms with Crippen molar-refractivity contribution in [2.45, 2.75) is 6.10 Å². The predicted octanol–water partition coefficient (Wildman–Crippen LogP) is 1.62. The van der Waals surface area contributed by atoms with Crippen molar-refractivity contribution in [2.24, 2.45) is 0 Å². The number of nitrogens with zero attached hydrogens (tertiary/aromatic N) is 3. The molecule has 92 valence electrons. The van der Waals surface area contributed by atoms with Gasteiger partial charge in [0, 0.05) is 0 Å². The molecule has 1 aliphatic heterocycles.